The molecule has 0 N–H and O–H groups in total. The number of carbonyl (C=O) groups is 2. The summed E-state index contributed by atoms with van der Waals surface area (Å²) in [6, 6.07) is 6.80. The van der Waals surface area contributed by atoms with Gasteiger partial charge in [0.2, 0.25) is 0 Å². The summed E-state index contributed by atoms with van der Waals surface area (Å²) in [6.45, 7) is 16.8. The van der Waals surface area contributed by atoms with Crippen molar-refractivity contribution in [3.05, 3.63) is 47.7 Å². The molecule has 0 heterocycles. The third-order valence-electron chi connectivity index (χ3n) is 4.17. The molecule has 1 unspecified atom stereocenters. The largest absolute Gasteiger partial charge is 0.516 e. The van der Waals surface area contributed by atoms with Crippen molar-refractivity contribution in [2.45, 2.75) is 59.0 Å². The van der Waals surface area contributed by atoms with Crippen LogP contribution in [0.1, 0.15) is 56.8 Å². The molecule has 25 heavy (non-hydrogen) atoms. The molecule has 0 aliphatic heterocycles. The second-order valence-electron chi connectivity index (χ2n) is 7.50. The Morgan fingerprint density at radius 3 is 2.12 bits per heavy atom. The Labute approximate surface area is 151 Å². The van der Waals surface area contributed by atoms with Crippen LogP contribution in [0.15, 0.2) is 36.6 Å². The van der Waals surface area contributed by atoms with Gasteiger partial charge in [0.1, 0.15) is 0 Å². The lowest BCUT2D eigenvalue weighted by Gasteiger charge is -2.35. The number of esters is 1. The standard InChI is InChI=1S/C19H28O5Si/c1-13(2)22-18(23-14(3)20)16-12-10-9-11-15(16)17(21)24-25(7,8)19(4,5)6/h9-12,18H,1H2,2-8H3. The molecular weight excluding hydrogens is 336 g/mol. The first-order valence-electron chi connectivity index (χ1n) is 8.17. The van der Waals surface area contributed by atoms with Gasteiger partial charge in [0.15, 0.2) is 0 Å². The number of allylic oxidation sites excluding steroid dienone is 1. The van der Waals surface area contributed by atoms with E-state index in [-0.39, 0.29) is 5.04 Å². The molecule has 0 radical (unpaired) electrons. The second kappa shape index (κ2) is 7.87. The summed E-state index contributed by atoms with van der Waals surface area (Å²) in [7, 11) is -2.29. The van der Waals surface area contributed by atoms with E-state index in [2.05, 4.69) is 27.4 Å². The first-order chi connectivity index (χ1) is 11.3. The van der Waals surface area contributed by atoms with Crippen molar-refractivity contribution in [3.63, 3.8) is 0 Å². The smallest absolute Gasteiger partial charge is 0.325 e. The van der Waals surface area contributed by atoms with Crippen LogP contribution >= 0.6 is 0 Å². The Kier molecular flexibility index (Phi) is 6.59. The van der Waals surface area contributed by atoms with Crippen molar-refractivity contribution < 1.29 is 23.5 Å². The van der Waals surface area contributed by atoms with Crippen LogP contribution in [0.3, 0.4) is 0 Å². The van der Waals surface area contributed by atoms with Crippen LogP contribution in [0.5, 0.6) is 0 Å². The molecule has 6 heteroatoms. The normalized spacial score (nSPS) is 12.9. The van der Waals surface area contributed by atoms with E-state index in [9.17, 15) is 9.59 Å². The highest BCUT2D eigenvalue weighted by atomic mass is 28.4. The average Bonchev–Trinajstić information content (AvgIpc) is 2.44. The quantitative estimate of drug-likeness (QED) is 0.309. The molecule has 1 aromatic rings. The van der Waals surface area contributed by atoms with Gasteiger partial charge in [-0.2, -0.15) is 0 Å². The summed E-state index contributed by atoms with van der Waals surface area (Å²) < 4.78 is 16.6. The summed E-state index contributed by atoms with van der Waals surface area (Å²) in [6.07, 6.45) is -1.04. The number of ether oxygens (including phenoxy) is 2. The first-order valence-corrected chi connectivity index (χ1v) is 11.1. The second-order valence-corrected chi connectivity index (χ2v) is 12.2. The van der Waals surface area contributed by atoms with Crippen LogP contribution in [0, 0.1) is 0 Å². The summed E-state index contributed by atoms with van der Waals surface area (Å²) in [5, 5.41) is -0.110. The van der Waals surface area contributed by atoms with Gasteiger partial charge in [-0.1, -0.05) is 45.5 Å². The van der Waals surface area contributed by atoms with E-state index in [4.69, 9.17) is 13.9 Å². The van der Waals surface area contributed by atoms with Gasteiger partial charge in [-0.25, -0.2) is 4.79 Å². The van der Waals surface area contributed by atoms with Crippen molar-refractivity contribution in [1.82, 2.24) is 0 Å². The van der Waals surface area contributed by atoms with E-state index >= 15 is 0 Å². The molecule has 0 aromatic heterocycles. The maximum Gasteiger partial charge on any atom is 0.325 e. The molecule has 0 amide bonds. The number of hydrogen-bond acceptors (Lipinski definition) is 5. The highest BCUT2D eigenvalue weighted by Gasteiger charge is 2.41. The molecular formula is C19H28O5Si. The molecule has 0 saturated carbocycles. The monoisotopic (exact) mass is 364 g/mol. The number of rotatable bonds is 6. The van der Waals surface area contributed by atoms with E-state index < -0.39 is 26.5 Å². The molecule has 1 aromatic carbocycles. The Bertz CT molecular complexity index is 642. The van der Waals surface area contributed by atoms with Gasteiger partial charge in [-0.05, 0) is 31.1 Å². The number of carbonyl (C=O) groups excluding carboxylic acids is 2. The Hall–Kier alpha value is -2.08. The Morgan fingerprint density at radius 2 is 1.64 bits per heavy atom. The SMILES string of the molecule is C=C(C)OC(OC(C)=O)c1ccccc1C(=O)O[Si](C)(C)C(C)(C)C. The zero-order valence-corrected chi connectivity index (χ0v) is 17.1. The molecule has 0 saturated heterocycles. The van der Waals surface area contributed by atoms with Crippen LogP contribution in [-0.4, -0.2) is 20.3 Å². The minimum absolute atomic E-state index is 0.110. The van der Waals surface area contributed by atoms with Gasteiger partial charge in [-0.15, -0.1) is 0 Å². The lowest BCUT2D eigenvalue weighted by atomic mass is 10.1. The fourth-order valence-electron chi connectivity index (χ4n) is 1.81. The van der Waals surface area contributed by atoms with Crippen molar-refractivity contribution in [1.29, 1.82) is 0 Å². The van der Waals surface area contributed by atoms with Gasteiger partial charge in [-0.3, -0.25) is 4.79 Å². The maximum atomic E-state index is 12.8. The summed E-state index contributed by atoms with van der Waals surface area (Å²) in [5.41, 5.74) is 0.754. The maximum absolute atomic E-state index is 12.8. The predicted molar refractivity (Wildman–Crippen MR) is 99.5 cm³/mol. The molecule has 0 bridgehead atoms. The summed E-state index contributed by atoms with van der Waals surface area (Å²) in [5.74, 6) is -0.581. The Morgan fingerprint density at radius 1 is 1.08 bits per heavy atom. The van der Waals surface area contributed by atoms with Crippen molar-refractivity contribution >= 4 is 20.3 Å². The van der Waals surface area contributed by atoms with Crippen LogP contribution in [0.2, 0.25) is 18.1 Å². The zero-order chi connectivity index (χ0) is 19.4. The van der Waals surface area contributed by atoms with Crippen molar-refractivity contribution in [3.8, 4) is 0 Å². The van der Waals surface area contributed by atoms with Gasteiger partial charge < -0.3 is 13.9 Å². The van der Waals surface area contributed by atoms with Crippen LogP contribution in [-0.2, 0) is 18.7 Å². The fraction of sp³-hybridized carbons (Fsp3) is 0.474. The predicted octanol–water partition coefficient (Wildman–Crippen LogP) is 4.96. The summed E-state index contributed by atoms with van der Waals surface area (Å²) >= 11 is 0. The van der Waals surface area contributed by atoms with Gasteiger partial charge in [0.25, 0.3) is 14.6 Å². The minimum Gasteiger partial charge on any atom is -0.516 e. The molecule has 0 fully saturated rings. The summed E-state index contributed by atoms with van der Waals surface area (Å²) in [4.78, 5) is 24.2. The van der Waals surface area contributed by atoms with Gasteiger partial charge in [0.05, 0.1) is 11.3 Å². The van der Waals surface area contributed by atoms with Crippen LogP contribution < -0.4 is 0 Å². The van der Waals surface area contributed by atoms with Gasteiger partial charge >= 0.3 is 11.9 Å². The van der Waals surface area contributed by atoms with E-state index in [1.807, 2.05) is 13.1 Å². The Balaban J connectivity index is 3.23. The molecule has 1 atom stereocenters. The molecule has 0 spiro atoms. The number of benzene rings is 1. The molecule has 0 aliphatic carbocycles. The third kappa shape index (κ3) is 5.74. The molecule has 1 rings (SSSR count). The zero-order valence-electron chi connectivity index (χ0n) is 16.1. The van der Waals surface area contributed by atoms with E-state index in [0.29, 0.717) is 16.9 Å². The van der Waals surface area contributed by atoms with E-state index in [0.717, 1.165) is 0 Å². The van der Waals surface area contributed by atoms with Crippen LogP contribution in [0.25, 0.3) is 0 Å². The lowest BCUT2D eigenvalue weighted by Crippen LogP contribution is -2.42. The number of hydrogen-bond donors (Lipinski definition) is 0. The fourth-order valence-corrected chi connectivity index (χ4v) is 2.69. The van der Waals surface area contributed by atoms with E-state index in [1.54, 1.807) is 31.2 Å². The van der Waals surface area contributed by atoms with Gasteiger partial charge in [0, 0.05) is 12.5 Å². The van der Waals surface area contributed by atoms with Crippen molar-refractivity contribution in [2.75, 3.05) is 0 Å². The van der Waals surface area contributed by atoms with Crippen molar-refractivity contribution in [2.24, 2.45) is 0 Å². The molecule has 0 aliphatic rings. The topological polar surface area (TPSA) is 61.8 Å². The lowest BCUT2D eigenvalue weighted by molar-refractivity contribution is -0.170. The van der Waals surface area contributed by atoms with E-state index in [1.165, 1.54) is 6.92 Å². The first kappa shape index (κ1) is 21.0. The third-order valence-corrected chi connectivity index (χ3v) is 8.48. The minimum atomic E-state index is -2.29. The average molecular weight is 365 g/mol. The molecule has 138 valence electrons. The highest BCUT2D eigenvalue weighted by molar-refractivity contribution is 6.75. The highest BCUT2D eigenvalue weighted by Crippen LogP contribution is 2.37. The van der Waals surface area contributed by atoms with Crippen LogP contribution in [0.4, 0.5) is 0 Å². The molecule has 5 nitrogen and oxygen atoms in total.